The topological polar surface area (TPSA) is 97.1 Å². The van der Waals surface area contributed by atoms with Crippen molar-refractivity contribution in [1.82, 2.24) is 15.3 Å². The van der Waals surface area contributed by atoms with Crippen LogP contribution >= 0.6 is 22.7 Å². The van der Waals surface area contributed by atoms with Crippen LogP contribution in [0.25, 0.3) is 0 Å². The highest BCUT2D eigenvalue weighted by atomic mass is 32.1. The predicted molar refractivity (Wildman–Crippen MR) is 100 cm³/mol. The number of hydrogen-bond acceptors (Lipinski definition) is 7. The third kappa shape index (κ3) is 4.99. The Bertz CT molecular complexity index is 880. The van der Waals surface area contributed by atoms with Crippen molar-refractivity contribution >= 4 is 39.6 Å². The molecule has 0 spiro atoms. The van der Waals surface area contributed by atoms with Crippen LogP contribution < -0.4 is 10.6 Å². The van der Waals surface area contributed by atoms with E-state index in [1.54, 1.807) is 5.38 Å². The van der Waals surface area contributed by atoms with Crippen LogP contribution in [0.4, 0.5) is 5.13 Å². The molecule has 0 bridgehead atoms. The van der Waals surface area contributed by atoms with Crippen molar-refractivity contribution in [2.24, 2.45) is 0 Å². The fraction of sp³-hybridized carbons (Fsp3) is 0.294. The fourth-order valence-corrected chi connectivity index (χ4v) is 3.63. The van der Waals surface area contributed by atoms with Crippen molar-refractivity contribution in [1.29, 1.82) is 0 Å². The van der Waals surface area contributed by atoms with Crippen molar-refractivity contribution in [3.63, 3.8) is 0 Å². The maximum atomic E-state index is 12.0. The molecular formula is C17H18N4O3S2. The maximum Gasteiger partial charge on any atom is 0.231 e. The fourth-order valence-electron chi connectivity index (χ4n) is 2.20. The highest BCUT2D eigenvalue weighted by Crippen LogP contribution is 2.17. The Kier molecular flexibility index (Phi) is 5.79. The first-order valence-corrected chi connectivity index (χ1v) is 9.72. The molecular weight excluding hydrogens is 372 g/mol. The van der Waals surface area contributed by atoms with Gasteiger partial charge in [-0.05, 0) is 25.3 Å². The van der Waals surface area contributed by atoms with Gasteiger partial charge < -0.3 is 15.1 Å². The number of oxazole rings is 1. The van der Waals surface area contributed by atoms with Crippen molar-refractivity contribution in [3.05, 3.63) is 50.8 Å². The number of thiazole rings is 1. The van der Waals surface area contributed by atoms with Crippen LogP contribution in [0.1, 0.15) is 27.9 Å². The number of thiophene rings is 1. The number of carbonyl (C=O) groups excluding carboxylic acids is 2. The molecule has 0 unspecified atom stereocenters. The lowest BCUT2D eigenvalue weighted by Gasteiger charge is -2.01. The Labute approximate surface area is 158 Å². The Morgan fingerprint density at radius 3 is 2.69 bits per heavy atom. The highest BCUT2D eigenvalue weighted by Gasteiger charge is 2.12. The van der Waals surface area contributed by atoms with Gasteiger partial charge in [-0.1, -0.05) is 6.07 Å². The van der Waals surface area contributed by atoms with Crippen molar-refractivity contribution in [3.8, 4) is 0 Å². The average Bonchev–Trinajstić information content (AvgIpc) is 3.30. The lowest BCUT2D eigenvalue weighted by molar-refractivity contribution is -0.120. The lowest BCUT2D eigenvalue weighted by atomic mass is 10.3. The second-order valence-corrected chi connectivity index (χ2v) is 7.54. The maximum absolute atomic E-state index is 12.0. The molecule has 0 aromatic carbocycles. The molecule has 3 rings (SSSR count). The molecule has 0 radical (unpaired) electrons. The Morgan fingerprint density at radius 2 is 2.00 bits per heavy atom. The lowest BCUT2D eigenvalue weighted by Crippen LogP contribution is -2.24. The molecule has 2 N–H and O–H groups in total. The molecule has 0 atom stereocenters. The zero-order chi connectivity index (χ0) is 18.5. The summed E-state index contributed by atoms with van der Waals surface area (Å²) < 4.78 is 5.42. The number of anilines is 1. The molecule has 3 heterocycles. The van der Waals surface area contributed by atoms with Crippen molar-refractivity contribution < 1.29 is 14.0 Å². The Balaban J connectivity index is 1.46. The minimum Gasteiger partial charge on any atom is -0.444 e. The summed E-state index contributed by atoms with van der Waals surface area (Å²) in [5.41, 5.74) is 1.43. The van der Waals surface area contributed by atoms with E-state index in [-0.39, 0.29) is 24.8 Å². The van der Waals surface area contributed by atoms with E-state index in [4.69, 9.17) is 4.42 Å². The van der Waals surface area contributed by atoms with Gasteiger partial charge in [0, 0.05) is 10.3 Å². The SMILES string of the molecule is Cc1nc(CNC(=O)Cc2csc(NC(=O)Cc3cccs3)n2)oc1C. The van der Waals surface area contributed by atoms with Crippen molar-refractivity contribution in [2.45, 2.75) is 33.2 Å². The quantitative estimate of drug-likeness (QED) is 0.647. The molecule has 0 fully saturated rings. The van der Waals surface area contributed by atoms with Gasteiger partial charge in [-0.25, -0.2) is 9.97 Å². The van der Waals surface area contributed by atoms with Crippen LogP contribution in [-0.2, 0) is 29.0 Å². The van der Waals surface area contributed by atoms with Gasteiger partial charge in [0.15, 0.2) is 5.13 Å². The van der Waals surface area contributed by atoms with Crippen LogP contribution in [0, 0.1) is 13.8 Å². The minimum absolute atomic E-state index is 0.118. The first kappa shape index (κ1) is 18.3. The second-order valence-electron chi connectivity index (χ2n) is 5.65. The first-order valence-electron chi connectivity index (χ1n) is 7.96. The monoisotopic (exact) mass is 390 g/mol. The number of aryl methyl sites for hydroxylation is 2. The largest absolute Gasteiger partial charge is 0.444 e. The molecule has 2 amide bonds. The van der Waals surface area contributed by atoms with E-state index in [0.29, 0.717) is 23.1 Å². The van der Waals surface area contributed by atoms with E-state index in [9.17, 15) is 9.59 Å². The van der Waals surface area contributed by atoms with Crippen molar-refractivity contribution in [2.75, 3.05) is 5.32 Å². The van der Waals surface area contributed by atoms with Crippen LogP contribution in [0.15, 0.2) is 27.3 Å². The second kappa shape index (κ2) is 8.24. The number of rotatable bonds is 7. The normalized spacial score (nSPS) is 10.7. The average molecular weight is 390 g/mol. The summed E-state index contributed by atoms with van der Waals surface area (Å²) in [5, 5.41) is 9.70. The van der Waals surface area contributed by atoms with Gasteiger partial charge >= 0.3 is 0 Å². The molecule has 7 nitrogen and oxygen atoms in total. The number of aromatic nitrogens is 2. The summed E-state index contributed by atoms with van der Waals surface area (Å²) in [5.74, 6) is 0.928. The summed E-state index contributed by atoms with van der Waals surface area (Å²) in [7, 11) is 0. The summed E-state index contributed by atoms with van der Waals surface area (Å²) in [6.07, 6.45) is 0.456. The Hall–Kier alpha value is -2.52. The van der Waals surface area contributed by atoms with E-state index in [2.05, 4.69) is 20.6 Å². The van der Waals surface area contributed by atoms with Gasteiger partial charge in [-0.15, -0.1) is 22.7 Å². The van der Waals surface area contributed by atoms with Gasteiger partial charge in [0.05, 0.1) is 30.8 Å². The molecule has 3 aromatic heterocycles. The third-order valence-corrected chi connectivity index (χ3v) is 5.25. The smallest absolute Gasteiger partial charge is 0.231 e. The van der Waals surface area contributed by atoms with Gasteiger partial charge in [0.25, 0.3) is 0 Å². The molecule has 26 heavy (non-hydrogen) atoms. The summed E-state index contributed by atoms with van der Waals surface area (Å²) in [4.78, 5) is 33.5. The molecule has 9 heteroatoms. The highest BCUT2D eigenvalue weighted by molar-refractivity contribution is 7.14. The molecule has 0 saturated carbocycles. The summed E-state index contributed by atoms with van der Waals surface area (Å²) >= 11 is 2.84. The number of hydrogen-bond donors (Lipinski definition) is 2. The number of nitrogens with one attached hydrogen (secondary N) is 2. The molecule has 136 valence electrons. The van der Waals surface area contributed by atoms with E-state index < -0.39 is 0 Å². The molecule has 0 aliphatic carbocycles. The summed E-state index contributed by atoms with van der Waals surface area (Å²) in [6, 6.07) is 3.83. The third-order valence-electron chi connectivity index (χ3n) is 3.56. The molecule has 3 aromatic rings. The van der Waals surface area contributed by atoms with E-state index in [1.807, 2.05) is 31.4 Å². The van der Waals surface area contributed by atoms with Crippen LogP contribution in [0.3, 0.4) is 0 Å². The first-order chi connectivity index (χ1) is 12.5. The molecule has 0 aliphatic rings. The summed E-state index contributed by atoms with van der Waals surface area (Å²) in [6.45, 7) is 3.92. The number of nitrogens with zero attached hydrogens (tertiary/aromatic N) is 2. The van der Waals surface area contributed by atoms with Gasteiger partial charge in [0.2, 0.25) is 17.7 Å². The van der Waals surface area contributed by atoms with Gasteiger partial charge in [-0.3, -0.25) is 9.59 Å². The zero-order valence-corrected chi connectivity index (χ0v) is 16.0. The molecule has 0 aliphatic heterocycles. The Morgan fingerprint density at radius 1 is 1.15 bits per heavy atom. The van der Waals surface area contributed by atoms with Crippen LogP contribution in [0.5, 0.6) is 0 Å². The van der Waals surface area contributed by atoms with E-state index in [0.717, 1.165) is 16.3 Å². The van der Waals surface area contributed by atoms with Crippen LogP contribution in [0.2, 0.25) is 0 Å². The number of carbonyl (C=O) groups is 2. The van der Waals surface area contributed by atoms with E-state index >= 15 is 0 Å². The minimum atomic E-state index is -0.180. The zero-order valence-electron chi connectivity index (χ0n) is 14.4. The standard InChI is InChI=1S/C17H18N4O3S2/c1-10-11(2)24-16(19-10)8-18-14(22)6-12-9-26-17(20-12)21-15(23)7-13-4-3-5-25-13/h3-5,9H,6-8H2,1-2H3,(H,18,22)(H,20,21,23). The van der Waals surface area contributed by atoms with Crippen LogP contribution in [-0.4, -0.2) is 21.8 Å². The van der Waals surface area contributed by atoms with E-state index in [1.165, 1.54) is 22.7 Å². The van der Waals surface area contributed by atoms with Gasteiger partial charge in [0.1, 0.15) is 5.76 Å². The number of amides is 2. The van der Waals surface area contributed by atoms with Gasteiger partial charge in [-0.2, -0.15) is 0 Å². The molecule has 0 saturated heterocycles. The predicted octanol–water partition coefficient (Wildman–Crippen LogP) is 2.85.